The van der Waals surface area contributed by atoms with E-state index in [0.29, 0.717) is 5.56 Å². The van der Waals surface area contributed by atoms with Gasteiger partial charge in [0.05, 0.1) is 12.1 Å². The number of piperidine rings is 1. The lowest BCUT2D eigenvalue weighted by atomic mass is 9.98. The lowest BCUT2D eigenvalue weighted by Crippen LogP contribution is -2.31. The molecule has 18 heavy (non-hydrogen) atoms. The summed E-state index contributed by atoms with van der Waals surface area (Å²) in [5.74, 6) is -1.99. The van der Waals surface area contributed by atoms with E-state index < -0.39 is 28.6 Å². The van der Waals surface area contributed by atoms with E-state index in [1.807, 2.05) is 12.1 Å². The Labute approximate surface area is 103 Å². The first kappa shape index (κ1) is 10.5. The fourth-order valence-electron chi connectivity index (χ4n) is 2.95. The van der Waals surface area contributed by atoms with E-state index >= 15 is 0 Å². The third-order valence-corrected chi connectivity index (χ3v) is 3.83. The number of carbonyl (C=O) groups excluding carboxylic acids is 2. The number of fused-ring (bicyclic) bond motifs is 1. The highest BCUT2D eigenvalue weighted by Gasteiger charge is 2.90. The maximum absolute atomic E-state index is 11.8. The molecule has 0 bridgehead atoms. The topological polar surface area (TPSA) is 93.8 Å². The number of benzene rings is 1. The summed E-state index contributed by atoms with van der Waals surface area (Å²) in [4.78, 5) is 23.6. The molecular weight excluding hydrogens is 230 g/mol. The molecule has 1 unspecified atom stereocenters. The Kier molecular flexibility index (Phi) is 1.73. The monoisotopic (exact) mass is 237 g/mol. The van der Waals surface area contributed by atoms with E-state index in [4.69, 9.17) is 0 Å². The molecule has 3 atom stereocenters. The van der Waals surface area contributed by atoms with E-state index in [-0.39, 0.29) is 0 Å². The Morgan fingerprint density at radius 1 is 1.00 bits per heavy atom. The number of nitrogens with zero attached hydrogens (tertiary/aromatic N) is 2. The van der Waals surface area contributed by atoms with Gasteiger partial charge in [0.15, 0.2) is 10.8 Å². The highest BCUT2D eigenvalue weighted by atomic mass is 16.2. The normalized spacial score (nSPS) is 36.2. The highest BCUT2D eigenvalue weighted by Crippen LogP contribution is 2.76. The van der Waals surface area contributed by atoms with Crippen LogP contribution in [-0.2, 0) is 9.59 Å². The van der Waals surface area contributed by atoms with E-state index in [2.05, 4.69) is 5.32 Å². The van der Waals surface area contributed by atoms with Gasteiger partial charge in [0, 0.05) is 5.92 Å². The number of hydrogen-bond acceptors (Lipinski definition) is 4. The van der Waals surface area contributed by atoms with Crippen molar-refractivity contribution < 1.29 is 9.59 Å². The smallest absolute Gasteiger partial charge is 0.250 e. The number of hydrogen-bond donors (Lipinski definition) is 1. The van der Waals surface area contributed by atoms with Crippen LogP contribution in [0.5, 0.6) is 0 Å². The van der Waals surface area contributed by atoms with E-state index in [1.54, 1.807) is 30.3 Å². The van der Waals surface area contributed by atoms with Crippen molar-refractivity contribution in [2.45, 2.75) is 5.92 Å². The van der Waals surface area contributed by atoms with Crippen LogP contribution in [0.3, 0.4) is 0 Å². The minimum Gasteiger partial charge on any atom is -0.293 e. The molecule has 0 aromatic heterocycles. The first-order valence-electron chi connectivity index (χ1n) is 5.38. The molecule has 1 saturated heterocycles. The molecule has 1 aromatic rings. The highest BCUT2D eigenvalue weighted by molar-refractivity contribution is 6.19. The van der Waals surface area contributed by atoms with Crippen molar-refractivity contribution in [2.24, 2.45) is 10.8 Å². The summed E-state index contributed by atoms with van der Waals surface area (Å²) in [6.07, 6.45) is 0. The van der Waals surface area contributed by atoms with Gasteiger partial charge in [-0.2, -0.15) is 10.5 Å². The predicted molar refractivity (Wildman–Crippen MR) is 58.4 cm³/mol. The first-order chi connectivity index (χ1) is 8.65. The second-order valence-corrected chi connectivity index (χ2v) is 4.47. The van der Waals surface area contributed by atoms with Crippen LogP contribution in [0, 0.1) is 33.5 Å². The fraction of sp³-hybridized carbons (Fsp3) is 0.231. The summed E-state index contributed by atoms with van der Waals surface area (Å²) < 4.78 is 0. The van der Waals surface area contributed by atoms with Gasteiger partial charge < -0.3 is 0 Å². The maximum atomic E-state index is 11.8. The number of amides is 2. The Morgan fingerprint density at radius 2 is 1.50 bits per heavy atom. The third kappa shape index (κ3) is 0.802. The summed E-state index contributed by atoms with van der Waals surface area (Å²) in [6, 6.07) is 12.5. The molecule has 2 amide bonds. The van der Waals surface area contributed by atoms with Crippen LogP contribution >= 0.6 is 0 Å². The first-order valence-corrected chi connectivity index (χ1v) is 5.38. The van der Waals surface area contributed by atoms with Crippen LogP contribution in [0.2, 0.25) is 0 Å². The largest absolute Gasteiger partial charge is 0.293 e. The molecule has 2 fully saturated rings. The summed E-state index contributed by atoms with van der Waals surface area (Å²) in [5.41, 5.74) is -2.44. The molecule has 86 valence electrons. The van der Waals surface area contributed by atoms with E-state index in [9.17, 15) is 20.1 Å². The molecule has 0 radical (unpaired) electrons. The molecule has 5 nitrogen and oxygen atoms in total. The van der Waals surface area contributed by atoms with Crippen molar-refractivity contribution in [1.29, 1.82) is 10.5 Å². The molecule has 1 saturated carbocycles. The van der Waals surface area contributed by atoms with Crippen LogP contribution < -0.4 is 5.32 Å². The van der Waals surface area contributed by atoms with Gasteiger partial charge in [0.2, 0.25) is 11.8 Å². The summed E-state index contributed by atoms with van der Waals surface area (Å²) >= 11 is 0. The van der Waals surface area contributed by atoms with E-state index in [0.717, 1.165) is 0 Å². The van der Waals surface area contributed by atoms with Gasteiger partial charge >= 0.3 is 0 Å². The lowest BCUT2D eigenvalue weighted by Gasteiger charge is -2.06. The van der Waals surface area contributed by atoms with Crippen molar-refractivity contribution in [2.75, 3.05) is 0 Å². The number of nitrogens with one attached hydrogen (secondary N) is 1. The average molecular weight is 237 g/mol. The third-order valence-electron chi connectivity index (χ3n) is 3.83. The molecule has 3 rings (SSSR count). The van der Waals surface area contributed by atoms with Gasteiger partial charge in [-0.05, 0) is 5.56 Å². The molecule has 1 aliphatic heterocycles. The van der Waals surface area contributed by atoms with Gasteiger partial charge in [-0.3, -0.25) is 14.9 Å². The van der Waals surface area contributed by atoms with E-state index in [1.165, 1.54) is 0 Å². The number of imide groups is 1. The van der Waals surface area contributed by atoms with Crippen molar-refractivity contribution >= 4 is 11.8 Å². The van der Waals surface area contributed by atoms with Crippen molar-refractivity contribution in [1.82, 2.24) is 5.32 Å². The minimum atomic E-state index is -1.56. The molecule has 1 heterocycles. The molecule has 2 aliphatic rings. The van der Waals surface area contributed by atoms with Crippen LogP contribution in [0.4, 0.5) is 0 Å². The van der Waals surface area contributed by atoms with Gasteiger partial charge in [-0.25, -0.2) is 0 Å². The molecule has 1 aromatic carbocycles. The van der Waals surface area contributed by atoms with Crippen LogP contribution in [0.15, 0.2) is 30.3 Å². The number of carbonyl (C=O) groups is 2. The zero-order valence-electron chi connectivity index (χ0n) is 9.18. The van der Waals surface area contributed by atoms with Gasteiger partial charge in [-0.15, -0.1) is 0 Å². The lowest BCUT2D eigenvalue weighted by molar-refractivity contribution is -0.128. The van der Waals surface area contributed by atoms with Crippen molar-refractivity contribution in [3.05, 3.63) is 35.9 Å². The van der Waals surface area contributed by atoms with Crippen LogP contribution in [-0.4, -0.2) is 11.8 Å². The number of rotatable bonds is 1. The zero-order valence-corrected chi connectivity index (χ0v) is 9.18. The Hall–Kier alpha value is -2.66. The predicted octanol–water partition coefficient (Wildman–Crippen LogP) is 0.460. The minimum absolute atomic E-state index is 0.662. The second-order valence-electron chi connectivity index (χ2n) is 4.47. The number of nitriles is 2. The summed E-state index contributed by atoms with van der Waals surface area (Å²) in [7, 11) is 0. The molecule has 0 spiro atoms. The van der Waals surface area contributed by atoms with Crippen molar-refractivity contribution in [3.63, 3.8) is 0 Å². The Balaban J connectivity index is 2.22. The Morgan fingerprint density at radius 3 is 1.94 bits per heavy atom. The molecule has 5 heteroatoms. The second kappa shape index (κ2) is 2.96. The van der Waals surface area contributed by atoms with Gasteiger partial charge in [-0.1, -0.05) is 30.3 Å². The molecule has 1 aliphatic carbocycles. The van der Waals surface area contributed by atoms with Crippen molar-refractivity contribution in [3.8, 4) is 12.1 Å². The van der Waals surface area contributed by atoms with Crippen LogP contribution in [0.25, 0.3) is 0 Å². The Bertz CT molecular complexity index is 617. The molecule has 1 N–H and O–H groups in total. The summed E-state index contributed by atoms with van der Waals surface area (Å²) in [5, 5.41) is 20.6. The maximum Gasteiger partial charge on any atom is 0.250 e. The van der Waals surface area contributed by atoms with Gasteiger partial charge in [0.1, 0.15) is 0 Å². The van der Waals surface area contributed by atoms with Gasteiger partial charge in [0.25, 0.3) is 0 Å². The average Bonchev–Trinajstić information content (AvgIpc) is 2.97. The zero-order chi connectivity index (χ0) is 13.0. The standard InChI is InChI=1S/C13H7N3O2/c14-6-12-9(8-4-2-1-3-5-8)13(12,7-15)11(18)16-10(12)17/h1-5,9H,(H,16,17,18)/t9?,12-,13+. The fourth-order valence-corrected chi connectivity index (χ4v) is 2.95. The summed E-state index contributed by atoms with van der Waals surface area (Å²) in [6.45, 7) is 0. The quantitative estimate of drug-likeness (QED) is 0.718. The molecular formula is C13H7N3O2. The van der Waals surface area contributed by atoms with Crippen LogP contribution in [0.1, 0.15) is 11.5 Å². The SMILES string of the molecule is N#C[C@@]12C(=O)NC(=O)[C@]1(C#N)C2c1ccccc1.